The van der Waals surface area contributed by atoms with Gasteiger partial charge in [0.1, 0.15) is 46.0 Å². The van der Waals surface area contributed by atoms with Gasteiger partial charge in [-0.05, 0) is 72.3 Å². The number of carboxylic acid groups (broad SMARTS) is 1. The van der Waals surface area contributed by atoms with E-state index in [1.54, 1.807) is 30.3 Å². The van der Waals surface area contributed by atoms with Gasteiger partial charge in [0.15, 0.2) is 11.2 Å². The number of benzene rings is 6. The van der Waals surface area contributed by atoms with Crippen LogP contribution in [0.4, 0.5) is 0 Å². The van der Waals surface area contributed by atoms with Crippen LogP contribution in [0, 0.1) is 0 Å². The van der Waals surface area contributed by atoms with Crippen LogP contribution in [-0.4, -0.2) is 43.4 Å². The molecule has 4 aliphatic rings. The van der Waals surface area contributed by atoms with Gasteiger partial charge in [-0.15, -0.1) is 0 Å². The highest BCUT2D eigenvalue weighted by Crippen LogP contribution is 2.60. The van der Waals surface area contributed by atoms with Gasteiger partial charge in [0.25, 0.3) is 0 Å². The smallest absolute Gasteiger partial charge is 0.340 e. The van der Waals surface area contributed by atoms with Crippen LogP contribution in [0.5, 0.6) is 46.0 Å². The number of esters is 2. The van der Waals surface area contributed by atoms with E-state index in [0.717, 1.165) is 0 Å². The van der Waals surface area contributed by atoms with Crippen LogP contribution in [0.25, 0.3) is 11.1 Å². The highest BCUT2D eigenvalue weighted by atomic mass is 16.6. The van der Waals surface area contributed by atoms with Gasteiger partial charge in [-0.3, -0.25) is 0 Å². The lowest BCUT2D eigenvalue weighted by Crippen LogP contribution is -2.33. The second-order valence-electron chi connectivity index (χ2n) is 13.0. The number of fused-ring (bicyclic) bond motifs is 12. The molecule has 12 nitrogen and oxygen atoms in total. The molecule has 0 radical (unpaired) electrons. The fourth-order valence-electron chi connectivity index (χ4n) is 8.12. The predicted octanol–water partition coefficient (Wildman–Crippen LogP) is 7.01. The summed E-state index contributed by atoms with van der Waals surface area (Å²) in [5.74, 6) is -2.78. The summed E-state index contributed by atoms with van der Waals surface area (Å²) in [6.07, 6.45) is 0. The maximum absolute atomic E-state index is 14.3. The second kappa shape index (κ2) is 10.1. The van der Waals surface area contributed by atoms with Crippen molar-refractivity contribution in [1.29, 1.82) is 0 Å². The number of phenolic OH excluding ortho intramolecular Hbond substituents is 4. The Morgan fingerprint density at radius 3 is 1.38 bits per heavy atom. The molecule has 53 heavy (non-hydrogen) atoms. The fourth-order valence-corrected chi connectivity index (χ4v) is 8.12. The summed E-state index contributed by atoms with van der Waals surface area (Å²) < 4.78 is 24.6. The molecule has 0 amide bonds. The number of carbonyl (C=O) groups excluding carboxylic acids is 2. The Balaban J connectivity index is 1.26. The van der Waals surface area contributed by atoms with E-state index in [2.05, 4.69) is 0 Å². The Bertz CT molecular complexity index is 2610. The molecule has 2 spiro atoms. The third kappa shape index (κ3) is 3.86. The van der Waals surface area contributed by atoms with Crippen molar-refractivity contribution < 1.29 is 58.9 Å². The highest BCUT2D eigenvalue weighted by molar-refractivity contribution is 6.10. The van der Waals surface area contributed by atoms with E-state index >= 15 is 0 Å². The zero-order valence-corrected chi connectivity index (χ0v) is 26.9. The first-order valence-corrected chi connectivity index (χ1v) is 16.2. The molecule has 4 heterocycles. The van der Waals surface area contributed by atoms with Crippen molar-refractivity contribution in [2.75, 3.05) is 0 Å². The van der Waals surface area contributed by atoms with Crippen LogP contribution in [0.1, 0.15) is 64.5 Å². The largest absolute Gasteiger partial charge is 0.508 e. The van der Waals surface area contributed by atoms with Crippen LogP contribution in [0.2, 0.25) is 0 Å². The summed E-state index contributed by atoms with van der Waals surface area (Å²) >= 11 is 0. The maximum atomic E-state index is 14.3. The molecule has 0 saturated carbocycles. The molecule has 0 bridgehead atoms. The van der Waals surface area contributed by atoms with Crippen LogP contribution < -0.4 is 9.47 Å². The van der Waals surface area contributed by atoms with Gasteiger partial charge in [0.05, 0.1) is 16.7 Å². The average Bonchev–Trinajstić information content (AvgIpc) is 3.58. The third-order valence-corrected chi connectivity index (χ3v) is 10.2. The molecule has 10 rings (SSSR count). The van der Waals surface area contributed by atoms with E-state index in [1.165, 1.54) is 72.8 Å². The standard InChI is InChI=1S/C41H22O12/c42-19-2-8-25-31(14-19)50-32-15-20(43)3-9-26(32)40(25)29-12-7-24(37(46)47)35(36(29)39(49)53-40)18-1-6-23-30(13-18)41(52-38(23)48)27-10-4-21(44)16-33(27)51-34-17-22(45)5-11-28(34)41/h1-17,42-45H,(H,46,47). The summed E-state index contributed by atoms with van der Waals surface area (Å²) in [5.41, 5.74) is -1.26. The number of aromatic hydroxyl groups is 4. The van der Waals surface area contributed by atoms with Gasteiger partial charge in [-0.1, -0.05) is 12.1 Å². The van der Waals surface area contributed by atoms with E-state index in [1.807, 2.05) is 0 Å². The first kappa shape index (κ1) is 30.4. The molecule has 6 aromatic carbocycles. The Kier molecular flexibility index (Phi) is 5.77. The molecule has 0 aliphatic carbocycles. The van der Waals surface area contributed by atoms with Gasteiger partial charge in [0.2, 0.25) is 0 Å². The molecular weight excluding hydrogens is 684 g/mol. The van der Waals surface area contributed by atoms with Crippen LogP contribution in [-0.2, 0) is 20.7 Å². The highest BCUT2D eigenvalue weighted by Gasteiger charge is 2.56. The van der Waals surface area contributed by atoms with E-state index in [-0.39, 0.29) is 79.4 Å². The van der Waals surface area contributed by atoms with E-state index < -0.39 is 29.1 Å². The first-order valence-electron chi connectivity index (χ1n) is 16.2. The molecule has 0 atom stereocenters. The maximum Gasteiger partial charge on any atom is 0.340 e. The summed E-state index contributed by atoms with van der Waals surface area (Å²) in [7, 11) is 0. The number of hydrogen-bond acceptors (Lipinski definition) is 11. The number of rotatable bonds is 2. The molecule has 4 aliphatic heterocycles. The molecular formula is C41H22O12. The Hall–Kier alpha value is -7.47. The number of aromatic carboxylic acids is 1. The minimum atomic E-state index is -1.68. The normalized spacial score (nSPS) is 15.8. The van der Waals surface area contributed by atoms with E-state index in [9.17, 15) is 39.9 Å². The molecule has 258 valence electrons. The summed E-state index contributed by atoms with van der Waals surface area (Å²) in [6, 6.07) is 24.7. The molecule has 6 aromatic rings. The lowest BCUT2D eigenvalue weighted by Gasteiger charge is -2.36. The second-order valence-corrected chi connectivity index (χ2v) is 13.0. The van der Waals surface area contributed by atoms with Crippen LogP contribution >= 0.6 is 0 Å². The summed E-state index contributed by atoms with van der Waals surface area (Å²) in [6.45, 7) is 0. The summed E-state index contributed by atoms with van der Waals surface area (Å²) in [4.78, 5) is 40.9. The van der Waals surface area contributed by atoms with E-state index in [4.69, 9.17) is 18.9 Å². The van der Waals surface area contributed by atoms with Crippen molar-refractivity contribution in [2.24, 2.45) is 0 Å². The number of carbonyl (C=O) groups is 3. The Morgan fingerprint density at radius 2 is 0.906 bits per heavy atom. The van der Waals surface area contributed by atoms with Gasteiger partial charge < -0.3 is 44.5 Å². The lowest BCUT2D eigenvalue weighted by atomic mass is 9.75. The molecule has 12 heteroatoms. The fraction of sp³-hybridized carbons (Fsp3) is 0.0488. The van der Waals surface area contributed by atoms with Crippen molar-refractivity contribution in [1.82, 2.24) is 0 Å². The number of carboxylic acids is 1. The first-order chi connectivity index (χ1) is 25.5. The number of hydrogen-bond donors (Lipinski definition) is 5. The average molecular weight is 707 g/mol. The molecule has 0 aromatic heterocycles. The van der Waals surface area contributed by atoms with Crippen LogP contribution in [0.3, 0.4) is 0 Å². The van der Waals surface area contributed by atoms with Gasteiger partial charge >= 0.3 is 17.9 Å². The van der Waals surface area contributed by atoms with Crippen molar-refractivity contribution in [3.05, 3.63) is 153 Å². The Labute approximate surface area is 297 Å². The minimum Gasteiger partial charge on any atom is -0.508 e. The molecule has 0 unspecified atom stereocenters. The molecule has 5 N–H and O–H groups in total. The SMILES string of the molecule is O=C1OC2(c3ccc(O)cc3Oc3cc(O)ccc32)c2cc(-c3c(C(=O)O)ccc4c3C(=O)OC43c4ccc(O)cc4Oc4cc(O)ccc43)ccc21. The lowest BCUT2D eigenvalue weighted by molar-refractivity contribution is 0.0214. The van der Waals surface area contributed by atoms with Crippen molar-refractivity contribution in [3.63, 3.8) is 0 Å². The zero-order chi connectivity index (χ0) is 36.6. The topological polar surface area (TPSA) is 189 Å². The summed E-state index contributed by atoms with van der Waals surface area (Å²) in [5, 5.41) is 51.9. The van der Waals surface area contributed by atoms with E-state index in [0.29, 0.717) is 27.8 Å². The van der Waals surface area contributed by atoms with Crippen LogP contribution in [0.15, 0.2) is 103 Å². The van der Waals surface area contributed by atoms with Gasteiger partial charge in [-0.25, -0.2) is 14.4 Å². The monoisotopic (exact) mass is 706 g/mol. The van der Waals surface area contributed by atoms with Crippen molar-refractivity contribution >= 4 is 17.9 Å². The Morgan fingerprint density at radius 1 is 0.472 bits per heavy atom. The molecule has 0 saturated heterocycles. The van der Waals surface area contributed by atoms with Crippen molar-refractivity contribution in [3.8, 4) is 57.1 Å². The number of phenols is 4. The third-order valence-electron chi connectivity index (χ3n) is 10.2. The van der Waals surface area contributed by atoms with Crippen molar-refractivity contribution in [2.45, 2.75) is 11.2 Å². The predicted molar refractivity (Wildman–Crippen MR) is 182 cm³/mol. The minimum absolute atomic E-state index is 0.00485. The number of ether oxygens (including phenoxy) is 4. The molecule has 0 fully saturated rings. The van der Waals surface area contributed by atoms with Gasteiger partial charge in [-0.2, -0.15) is 0 Å². The van der Waals surface area contributed by atoms with Gasteiger partial charge in [0, 0.05) is 63.2 Å². The quantitative estimate of drug-likeness (QED) is 0.116. The zero-order valence-electron chi connectivity index (χ0n) is 26.9.